The van der Waals surface area contributed by atoms with Gasteiger partial charge in [-0.05, 0) is 50.6 Å². The summed E-state index contributed by atoms with van der Waals surface area (Å²) in [6.45, 7) is 11.0. The van der Waals surface area contributed by atoms with Gasteiger partial charge >= 0.3 is 0 Å². The summed E-state index contributed by atoms with van der Waals surface area (Å²) in [4.78, 5) is 0. The Balaban J connectivity index is 0.000000711. The van der Waals surface area contributed by atoms with E-state index in [2.05, 4.69) is 43.8 Å². The number of benzene rings is 1. The van der Waals surface area contributed by atoms with Gasteiger partial charge in [-0.15, -0.1) is 0 Å². The average Bonchev–Trinajstić information content (AvgIpc) is 2.28. The molecule has 0 aliphatic heterocycles. The third-order valence-electron chi connectivity index (χ3n) is 2.18. The summed E-state index contributed by atoms with van der Waals surface area (Å²) in [5.41, 5.74) is 9.77. The summed E-state index contributed by atoms with van der Waals surface area (Å²) in [5.74, 6) is 0. The minimum Gasteiger partial charge on any atom is -0.403 e. The van der Waals surface area contributed by atoms with Crippen LogP contribution >= 0.6 is 0 Å². The minimum atomic E-state index is 0.571. The van der Waals surface area contributed by atoms with Crippen molar-refractivity contribution in [2.75, 3.05) is 0 Å². The van der Waals surface area contributed by atoms with Gasteiger partial charge in [-0.2, -0.15) is 0 Å². The zero-order valence-corrected chi connectivity index (χ0v) is 12.3. The molecule has 0 saturated heterocycles. The van der Waals surface area contributed by atoms with Crippen molar-refractivity contribution in [3.05, 3.63) is 65.9 Å². The molecular formula is C17H24N2. The van der Waals surface area contributed by atoms with E-state index in [4.69, 9.17) is 11.1 Å². The Morgan fingerprint density at radius 1 is 1.26 bits per heavy atom. The molecule has 1 aromatic rings. The van der Waals surface area contributed by atoms with E-state index >= 15 is 0 Å². The van der Waals surface area contributed by atoms with Gasteiger partial charge in [-0.1, -0.05) is 48.6 Å². The van der Waals surface area contributed by atoms with Crippen LogP contribution in [0.15, 0.2) is 54.8 Å². The SMILES string of the molecule is C/C=C(\C=C/C(C)=N)c1cccc(C)c1.C=C(C)N. The molecule has 0 heterocycles. The first-order valence-electron chi connectivity index (χ1n) is 6.24. The Morgan fingerprint density at radius 3 is 2.26 bits per heavy atom. The van der Waals surface area contributed by atoms with Gasteiger partial charge in [0.1, 0.15) is 0 Å². The fraction of sp³-hybridized carbons (Fsp3) is 0.235. The van der Waals surface area contributed by atoms with Gasteiger partial charge in [-0.25, -0.2) is 0 Å². The largest absolute Gasteiger partial charge is 0.403 e. The first-order valence-corrected chi connectivity index (χ1v) is 6.24. The molecule has 0 bridgehead atoms. The van der Waals surface area contributed by atoms with Gasteiger partial charge in [-0.3, -0.25) is 0 Å². The smallest absolute Gasteiger partial charge is 0.0283 e. The first kappa shape index (κ1) is 16.9. The molecule has 0 atom stereocenters. The van der Waals surface area contributed by atoms with Crippen molar-refractivity contribution in [3.63, 3.8) is 0 Å². The zero-order chi connectivity index (χ0) is 14.8. The lowest BCUT2D eigenvalue weighted by molar-refractivity contribution is 1.34. The molecule has 0 aromatic heterocycles. The van der Waals surface area contributed by atoms with Crippen molar-refractivity contribution >= 4 is 11.3 Å². The second-order valence-electron chi connectivity index (χ2n) is 4.48. The summed E-state index contributed by atoms with van der Waals surface area (Å²) in [7, 11) is 0. The van der Waals surface area contributed by atoms with Crippen LogP contribution in [0.1, 0.15) is 31.9 Å². The molecule has 0 radical (unpaired) electrons. The maximum Gasteiger partial charge on any atom is 0.0283 e. The number of nitrogens with two attached hydrogens (primary N) is 1. The first-order chi connectivity index (χ1) is 8.86. The van der Waals surface area contributed by atoms with Crippen LogP contribution < -0.4 is 5.73 Å². The maximum atomic E-state index is 7.35. The minimum absolute atomic E-state index is 0.571. The van der Waals surface area contributed by atoms with Gasteiger partial charge in [0.25, 0.3) is 0 Å². The standard InChI is InChI=1S/C14H17N.C3H7N/c1-4-13(9-8-12(3)15)14-7-5-6-11(2)10-14;1-3(2)4/h4-10,15H,1-3H3;1,4H2,2H3/b9-8-,13-4+,15-12?;. The molecular weight excluding hydrogens is 232 g/mol. The molecule has 0 saturated carbocycles. The van der Waals surface area contributed by atoms with E-state index in [-0.39, 0.29) is 0 Å². The summed E-state index contributed by atoms with van der Waals surface area (Å²) in [6, 6.07) is 8.38. The highest BCUT2D eigenvalue weighted by Crippen LogP contribution is 2.16. The summed E-state index contributed by atoms with van der Waals surface area (Å²) >= 11 is 0. The molecule has 1 aromatic carbocycles. The van der Waals surface area contributed by atoms with Crippen molar-refractivity contribution in [3.8, 4) is 0 Å². The lowest BCUT2D eigenvalue weighted by Gasteiger charge is -2.03. The Bertz CT molecular complexity index is 490. The molecule has 19 heavy (non-hydrogen) atoms. The average molecular weight is 256 g/mol. The molecule has 102 valence electrons. The van der Waals surface area contributed by atoms with Crippen LogP contribution in [0, 0.1) is 12.3 Å². The molecule has 0 spiro atoms. The normalized spacial score (nSPS) is 10.8. The number of hydrogen-bond donors (Lipinski definition) is 2. The Kier molecular flexibility index (Phi) is 7.94. The van der Waals surface area contributed by atoms with Crippen LogP contribution in [0.4, 0.5) is 0 Å². The molecule has 0 aliphatic carbocycles. The topological polar surface area (TPSA) is 49.9 Å². The number of allylic oxidation sites excluding steroid dienone is 5. The summed E-state index contributed by atoms with van der Waals surface area (Å²) < 4.78 is 0. The van der Waals surface area contributed by atoms with Crippen LogP contribution in [-0.4, -0.2) is 5.71 Å². The monoisotopic (exact) mass is 256 g/mol. The molecule has 2 heteroatoms. The van der Waals surface area contributed by atoms with E-state index in [1.165, 1.54) is 11.1 Å². The second kappa shape index (κ2) is 8.92. The number of nitrogens with one attached hydrogen (secondary N) is 1. The molecule has 2 nitrogen and oxygen atoms in total. The Hall–Kier alpha value is -2.09. The zero-order valence-electron chi connectivity index (χ0n) is 12.3. The van der Waals surface area contributed by atoms with E-state index in [1.807, 2.05) is 19.1 Å². The van der Waals surface area contributed by atoms with E-state index in [1.54, 1.807) is 13.8 Å². The van der Waals surface area contributed by atoms with Gasteiger partial charge in [0.15, 0.2) is 0 Å². The number of rotatable bonds is 3. The van der Waals surface area contributed by atoms with E-state index < -0.39 is 0 Å². The van der Waals surface area contributed by atoms with E-state index in [9.17, 15) is 0 Å². The highest BCUT2D eigenvalue weighted by atomic mass is 14.5. The fourth-order valence-corrected chi connectivity index (χ4v) is 1.40. The Morgan fingerprint density at radius 2 is 1.84 bits per heavy atom. The van der Waals surface area contributed by atoms with Gasteiger partial charge < -0.3 is 11.1 Å². The third kappa shape index (κ3) is 8.61. The lowest BCUT2D eigenvalue weighted by Crippen LogP contribution is -1.84. The van der Waals surface area contributed by atoms with Crippen LogP contribution in [0.2, 0.25) is 0 Å². The fourth-order valence-electron chi connectivity index (χ4n) is 1.40. The molecule has 0 aliphatic rings. The van der Waals surface area contributed by atoms with Crippen LogP contribution in [0.3, 0.4) is 0 Å². The van der Waals surface area contributed by atoms with Crippen LogP contribution in [0.5, 0.6) is 0 Å². The maximum absolute atomic E-state index is 7.35. The molecule has 0 fully saturated rings. The van der Waals surface area contributed by atoms with Crippen molar-refractivity contribution < 1.29 is 0 Å². The van der Waals surface area contributed by atoms with E-state index in [0.717, 1.165) is 5.57 Å². The van der Waals surface area contributed by atoms with Crippen molar-refractivity contribution in [1.29, 1.82) is 5.41 Å². The van der Waals surface area contributed by atoms with E-state index in [0.29, 0.717) is 11.4 Å². The molecule has 3 N–H and O–H groups in total. The summed E-state index contributed by atoms with van der Waals surface area (Å²) in [6.07, 6.45) is 5.86. The second-order valence-corrected chi connectivity index (χ2v) is 4.48. The summed E-state index contributed by atoms with van der Waals surface area (Å²) in [5, 5.41) is 7.35. The molecule has 0 amide bonds. The number of aryl methyl sites for hydroxylation is 1. The predicted octanol–water partition coefficient (Wildman–Crippen LogP) is 4.47. The highest BCUT2D eigenvalue weighted by Gasteiger charge is 1.96. The van der Waals surface area contributed by atoms with Crippen molar-refractivity contribution in [1.82, 2.24) is 0 Å². The van der Waals surface area contributed by atoms with Crippen LogP contribution in [0.25, 0.3) is 5.57 Å². The molecule has 0 unspecified atom stereocenters. The predicted molar refractivity (Wildman–Crippen MR) is 86.4 cm³/mol. The van der Waals surface area contributed by atoms with Crippen LogP contribution in [-0.2, 0) is 0 Å². The van der Waals surface area contributed by atoms with Gasteiger partial charge in [0.05, 0.1) is 0 Å². The lowest BCUT2D eigenvalue weighted by atomic mass is 10.0. The van der Waals surface area contributed by atoms with Gasteiger partial charge in [0.2, 0.25) is 0 Å². The quantitative estimate of drug-likeness (QED) is 0.608. The third-order valence-corrected chi connectivity index (χ3v) is 2.18. The van der Waals surface area contributed by atoms with Gasteiger partial charge in [0, 0.05) is 5.71 Å². The highest BCUT2D eigenvalue weighted by molar-refractivity contribution is 5.93. The van der Waals surface area contributed by atoms with Crippen molar-refractivity contribution in [2.24, 2.45) is 5.73 Å². The molecule has 1 rings (SSSR count). The number of hydrogen-bond acceptors (Lipinski definition) is 2. The Labute approximate surface area is 116 Å². The van der Waals surface area contributed by atoms with Crippen molar-refractivity contribution in [2.45, 2.75) is 27.7 Å².